The number of hydrogen-bond donors (Lipinski definition) is 0. The van der Waals surface area contributed by atoms with E-state index in [0.29, 0.717) is 16.8 Å². The smallest absolute Gasteiger partial charge is 0.340 e. The number of aromatic nitrogens is 1. The average Bonchev–Trinajstić information content (AvgIpc) is 2.67. The maximum absolute atomic E-state index is 12.8. The van der Waals surface area contributed by atoms with Crippen molar-refractivity contribution < 1.29 is 19.2 Å². The van der Waals surface area contributed by atoms with Crippen LogP contribution in [0.1, 0.15) is 27.2 Å². The Morgan fingerprint density at radius 2 is 1.81 bits per heavy atom. The van der Waals surface area contributed by atoms with Crippen LogP contribution in [-0.4, -0.2) is 23.0 Å². The Morgan fingerprint density at radius 3 is 2.56 bits per heavy atom. The number of carbonyl (C=O) groups excluding carboxylic acids is 1. The molecule has 0 N–H and O–H groups in total. The molecule has 0 saturated heterocycles. The van der Waals surface area contributed by atoms with E-state index in [1.54, 1.807) is 18.2 Å². The third-order valence-electron chi connectivity index (χ3n) is 4.26. The molecule has 0 bridgehead atoms. The molecule has 0 amide bonds. The van der Waals surface area contributed by atoms with Crippen molar-refractivity contribution in [3.63, 3.8) is 0 Å². The molecule has 7 heteroatoms. The highest BCUT2D eigenvalue weighted by Crippen LogP contribution is 2.25. The third-order valence-corrected chi connectivity index (χ3v) is 4.26. The summed E-state index contributed by atoms with van der Waals surface area (Å²) < 4.78 is 10.6. The summed E-state index contributed by atoms with van der Waals surface area (Å²) in [5.74, 6) is -0.587. The van der Waals surface area contributed by atoms with E-state index in [2.05, 4.69) is 4.98 Å². The van der Waals surface area contributed by atoms with E-state index in [-0.39, 0.29) is 18.9 Å². The van der Waals surface area contributed by atoms with Crippen molar-refractivity contribution in [2.75, 3.05) is 7.11 Å². The second kappa shape index (κ2) is 7.92. The molecule has 3 rings (SSSR count). The molecule has 0 aliphatic carbocycles. The molecule has 0 radical (unpaired) electrons. The molecule has 0 fully saturated rings. The lowest BCUT2D eigenvalue weighted by Crippen LogP contribution is -2.13. The summed E-state index contributed by atoms with van der Waals surface area (Å²) in [6, 6.07) is 13.7. The molecule has 3 aromatic rings. The zero-order valence-electron chi connectivity index (χ0n) is 15.0. The number of para-hydroxylation sites is 2. The zero-order chi connectivity index (χ0) is 19.4. The van der Waals surface area contributed by atoms with Crippen molar-refractivity contribution in [1.29, 1.82) is 0 Å². The van der Waals surface area contributed by atoms with Crippen molar-refractivity contribution in [2.45, 2.75) is 20.1 Å². The summed E-state index contributed by atoms with van der Waals surface area (Å²) in [7, 11) is 1.52. The maximum atomic E-state index is 12.8. The minimum atomic E-state index is -0.587. The van der Waals surface area contributed by atoms with Crippen LogP contribution in [0.5, 0.6) is 0 Å². The standard InChI is InChI=1S/C20H18N2O5/c1-13-15-8-4-5-9-16(15)21-17(12-26-2)19(13)20(23)27-11-14-7-3-6-10-18(14)22(24)25/h3-10H,11-12H2,1-2H3. The van der Waals surface area contributed by atoms with Gasteiger partial charge in [-0.1, -0.05) is 30.3 Å². The summed E-state index contributed by atoms with van der Waals surface area (Å²) in [5.41, 5.74) is 2.54. The van der Waals surface area contributed by atoms with Gasteiger partial charge in [-0.25, -0.2) is 9.78 Å². The Hall–Kier alpha value is -3.32. The van der Waals surface area contributed by atoms with E-state index in [1.165, 1.54) is 13.2 Å². The SMILES string of the molecule is COCc1nc2ccccc2c(C)c1C(=O)OCc1ccccc1[N+](=O)[O-]. The number of carbonyl (C=O) groups is 1. The second-order valence-corrected chi connectivity index (χ2v) is 5.97. The quantitative estimate of drug-likeness (QED) is 0.373. The van der Waals surface area contributed by atoms with E-state index < -0.39 is 10.9 Å². The third kappa shape index (κ3) is 3.78. The van der Waals surface area contributed by atoms with Gasteiger partial charge >= 0.3 is 5.97 Å². The molecule has 1 aromatic heterocycles. The molecule has 27 heavy (non-hydrogen) atoms. The number of fused-ring (bicyclic) bond motifs is 1. The van der Waals surface area contributed by atoms with Crippen LogP contribution in [0.2, 0.25) is 0 Å². The van der Waals surface area contributed by atoms with Gasteiger partial charge in [-0.3, -0.25) is 10.1 Å². The van der Waals surface area contributed by atoms with Crippen LogP contribution < -0.4 is 0 Å². The fraction of sp³-hybridized carbons (Fsp3) is 0.200. The number of methoxy groups -OCH3 is 1. The summed E-state index contributed by atoms with van der Waals surface area (Å²) in [6.07, 6.45) is 0. The fourth-order valence-corrected chi connectivity index (χ4v) is 2.98. The van der Waals surface area contributed by atoms with Gasteiger partial charge in [0.2, 0.25) is 0 Å². The predicted molar refractivity (Wildman–Crippen MR) is 99.4 cm³/mol. The van der Waals surface area contributed by atoms with Crippen molar-refractivity contribution in [1.82, 2.24) is 4.98 Å². The molecule has 0 spiro atoms. The van der Waals surface area contributed by atoms with Gasteiger partial charge in [-0.2, -0.15) is 0 Å². The van der Waals surface area contributed by atoms with Crippen LogP contribution in [0.25, 0.3) is 10.9 Å². The number of esters is 1. The number of benzene rings is 2. The van der Waals surface area contributed by atoms with Crippen molar-refractivity contribution >= 4 is 22.6 Å². The molecule has 0 unspecified atom stereocenters. The predicted octanol–water partition coefficient (Wildman–Crippen LogP) is 3.95. The molecule has 7 nitrogen and oxygen atoms in total. The van der Waals surface area contributed by atoms with Gasteiger partial charge in [0.1, 0.15) is 6.61 Å². The number of aryl methyl sites for hydroxylation is 1. The summed E-state index contributed by atoms with van der Waals surface area (Å²) >= 11 is 0. The summed E-state index contributed by atoms with van der Waals surface area (Å²) in [5, 5.41) is 12.0. The van der Waals surface area contributed by atoms with E-state index in [1.807, 2.05) is 31.2 Å². The molecule has 1 heterocycles. The largest absolute Gasteiger partial charge is 0.457 e. The second-order valence-electron chi connectivity index (χ2n) is 5.97. The van der Waals surface area contributed by atoms with Crippen LogP contribution >= 0.6 is 0 Å². The first-order valence-corrected chi connectivity index (χ1v) is 8.29. The van der Waals surface area contributed by atoms with Crippen molar-refractivity contribution in [2.24, 2.45) is 0 Å². The normalized spacial score (nSPS) is 10.7. The van der Waals surface area contributed by atoms with Gasteiger partial charge < -0.3 is 9.47 Å². The van der Waals surface area contributed by atoms with Crippen molar-refractivity contribution in [3.8, 4) is 0 Å². The number of pyridine rings is 1. The number of nitrogens with zero attached hydrogens (tertiary/aromatic N) is 2. The van der Waals surface area contributed by atoms with Gasteiger partial charge in [-0.05, 0) is 24.6 Å². The Morgan fingerprint density at radius 1 is 1.11 bits per heavy atom. The Labute approximate surface area is 155 Å². The minimum absolute atomic E-state index is 0.0872. The molecule has 2 aromatic carbocycles. The molecule has 0 atom stereocenters. The number of nitro benzene ring substituents is 1. The van der Waals surface area contributed by atoms with Crippen LogP contribution in [-0.2, 0) is 22.7 Å². The molecule has 0 saturated carbocycles. The first-order chi connectivity index (χ1) is 13.0. The fourth-order valence-electron chi connectivity index (χ4n) is 2.98. The zero-order valence-corrected chi connectivity index (χ0v) is 15.0. The summed E-state index contributed by atoms with van der Waals surface area (Å²) in [4.78, 5) is 27.9. The first-order valence-electron chi connectivity index (χ1n) is 8.29. The van der Waals surface area contributed by atoms with Crippen molar-refractivity contribution in [3.05, 3.63) is 81.0 Å². The molecular weight excluding hydrogens is 348 g/mol. The highest BCUT2D eigenvalue weighted by Gasteiger charge is 2.21. The molecular formula is C20H18N2O5. The average molecular weight is 366 g/mol. The Balaban J connectivity index is 1.95. The first kappa shape index (κ1) is 18.5. The van der Waals surface area contributed by atoms with Gasteiger partial charge in [0, 0.05) is 18.6 Å². The monoisotopic (exact) mass is 366 g/mol. The van der Waals surface area contributed by atoms with E-state index in [9.17, 15) is 14.9 Å². The van der Waals surface area contributed by atoms with Crippen LogP contribution in [0.4, 0.5) is 5.69 Å². The van der Waals surface area contributed by atoms with Crippen LogP contribution in [0, 0.1) is 17.0 Å². The van der Waals surface area contributed by atoms with Crippen LogP contribution in [0.3, 0.4) is 0 Å². The van der Waals surface area contributed by atoms with Gasteiger partial charge in [0.05, 0.1) is 33.9 Å². The maximum Gasteiger partial charge on any atom is 0.340 e. The number of ether oxygens (including phenoxy) is 2. The molecule has 138 valence electrons. The van der Waals surface area contributed by atoms with Gasteiger partial charge in [-0.15, -0.1) is 0 Å². The minimum Gasteiger partial charge on any atom is -0.457 e. The molecule has 0 aliphatic rings. The molecule has 0 aliphatic heterocycles. The lowest BCUT2D eigenvalue weighted by atomic mass is 10.0. The van der Waals surface area contributed by atoms with E-state index >= 15 is 0 Å². The number of nitro groups is 1. The topological polar surface area (TPSA) is 91.6 Å². The summed E-state index contributed by atoms with van der Waals surface area (Å²) in [6.45, 7) is 1.78. The van der Waals surface area contributed by atoms with Crippen LogP contribution in [0.15, 0.2) is 48.5 Å². The number of hydrogen-bond acceptors (Lipinski definition) is 6. The lowest BCUT2D eigenvalue weighted by Gasteiger charge is -2.14. The number of rotatable bonds is 6. The Bertz CT molecular complexity index is 1020. The Kier molecular flexibility index (Phi) is 5.42. The van der Waals surface area contributed by atoms with E-state index in [0.717, 1.165) is 16.5 Å². The highest BCUT2D eigenvalue weighted by molar-refractivity contribution is 5.98. The van der Waals surface area contributed by atoms with E-state index in [4.69, 9.17) is 9.47 Å². The van der Waals surface area contributed by atoms with Gasteiger partial charge in [0.25, 0.3) is 5.69 Å². The lowest BCUT2D eigenvalue weighted by molar-refractivity contribution is -0.385. The van der Waals surface area contributed by atoms with Gasteiger partial charge in [0.15, 0.2) is 0 Å². The highest BCUT2D eigenvalue weighted by atomic mass is 16.6.